The molecule has 0 radical (unpaired) electrons. The number of phenolic OH excluding ortho intramolecular Hbond substituents is 1. The maximum Gasteiger partial charge on any atom is 0.243 e. The number of fused-ring (bicyclic) bond motifs is 1. The van der Waals surface area contributed by atoms with Crippen LogP contribution in [0.25, 0.3) is 21.3 Å². The summed E-state index contributed by atoms with van der Waals surface area (Å²) >= 11 is 1.52. The largest absolute Gasteiger partial charge is 0.506 e. The third-order valence-electron chi connectivity index (χ3n) is 5.63. The number of aryl methyl sites for hydroxylation is 1. The highest BCUT2D eigenvalue weighted by molar-refractivity contribution is 7.17. The molecule has 4 heterocycles. The van der Waals surface area contributed by atoms with E-state index in [0.717, 1.165) is 54.9 Å². The van der Waals surface area contributed by atoms with E-state index in [4.69, 9.17) is 4.74 Å². The first-order valence-corrected chi connectivity index (χ1v) is 10.6. The Morgan fingerprint density at radius 2 is 2.14 bits per heavy atom. The Kier molecular flexibility index (Phi) is 4.62. The van der Waals surface area contributed by atoms with Crippen LogP contribution in [-0.4, -0.2) is 63.6 Å². The quantitative estimate of drug-likeness (QED) is 0.700. The van der Waals surface area contributed by atoms with Crippen LogP contribution in [0.2, 0.25) is 0 Å². The normalized spacial score (nSPS) is 21.0. The zero-order chi connectivity index (χ0) is 19.1. The van der Waals surface area contributed by atoms with Gasteiger partial charge in [0.05, 0.1) is 29.6 Å². The summed E-state index contributed by atoms with van der Waals surface area (Å²) in [7, 11) is 0. The van der Waals surface area contributed by atoms with Crippen molar-refractivity contribution in [3.8, 4) is 17.0 Å². The van der Waals surface area contributed by atoms with Crippen LogP contribution in [-0.2, 0) is 4.74 Å². The topological polar surface area (TPSA) is 83.4 Å². The van der Waals surface area contributed by atoms with E-state index in [-0.39, 0.29) is 5.75 Å². The molecular formula is C20H23N5O2S. The number of anilines is 1. The molecule has 8 heteroatoms. The predicted octanol–water partition coefficient (Wildman–Crippen LogP) is 3.04. The number of aromatic nitrogens is 3. The Balaban J connectivity index is 1.35. The monoisotopic (exact) mass is 397 g/mol. The molecule has 0 amide bonds. The van der Waals surface area contributed by atoms with Crippen molar-refractivity contribution in [2.45, 2.75) is 31.8 Å². The van der Waals surface area contributed by atoms with E-state index in [1.807, 2.05) is 30.5 Å². The third-order valence-corrected chi connectivity index (χ3v) is 6.57. The molecule has 28 heavy (non-hydrogen) atoms. The van der Waals surface area contributed by atoms with Gasteiger partial charge in [0.25, 0.3) is 0 Å². The number of likely N-dealkylation sites (tertiary alicyclic amines) is 1. The predicted molar refractivity (Wildman–Crippen MR) is 110 cm³/mol. The van der Waals surface area contributed by atoms with Gasteiger partial charge in [0.1, 0.15) is 11.4 Å². The van der Waals surface area contributed by atoms with Crippen molar-refractivity contribution in [3.05, 3.63) is 29.3 Å². The zero-order valence-corrected chi connectivity index (χ0v) is 16.6. The summed E-state index contributed by atoms with van der Waals surface area (Å²) in [6, 6.07) is 6.75. The number of benzene rings is 1. The smallest absolute Gasteiger partial charge is 0.243 e. The molecule has 1 atom stereocenters. The average Bonchev–Trinajstić information content (AvgIpc) is 3.12. The number of piperidine rings is 1. The molecular weight excluding hydrogens is 374 g/mol. The fraction of sp³-hybridized carbons (Fsp3) is 0.450. The van der Waals surface area contributed by atoms with Crippen molar-refractivity contribution >= 4 is 27.4 Å². The summed E-state index contributed by atoms with van der Waals surface area (Å²) < 4.78 is 6.19. The molecule has 2 aliphatic heterocycles. The second-order valence-corrected chi connectivity index (χ2v) is 8.46. The van der Waals surface area contributed by atoms with Gasteiger partial charge in [0.15, 0.2) is 0 Å². The van der Waals surface area contributed by atoms with E-state index < -0.39 is 0 Å². The van der Waals surface area contributed by atoms with E-state index in [0.29, 0.717) is 29.3 Å². The lowest BCUT2D eigenvalue weighted by atomic mass is 10.0. The van der Waals surface area contributed by atoms with Gasteiger partial charge in [0.2, 0.25) is 5.95 Å². The van der Waals surface area contributed by atoms with E-state index in [1.165, 1.54) is 11.3 Å². The number of nitrogens with zero attached hydrogens (tertiary/aromatic N) is 4. The highest BCUT2D eigenvalue weighted by atomic mass is 32.1. The first kappa shape index (κ1) is 17.8. The molecule has 146 valence electrons. The second kappa shape index (κ2) is 7.27. The molecule has 2 aliphatic rings. The second-order valence-electron chi connectivity index (χ2n) is 7.54. The van der Waals surface area contributed by atoms with E-state index in [9.17, 15) is 5.11 Å². The van der Waals surface area contributed by atoms with Crippen molar-refractivity contribution in [2.24, 2.45) is 0 Å². The molecule has 2 aromatic heterocycles. The van der Waals surface area contributed by atoms with Crippen molar-refractivity contribution in [1.29, 1.82) is 0 Å². The van der Waals surface area contributed by atoms with Gasteiger partial charge in [-0.25, -0.2) is 4.98 Å². The summed E-state index contributed by atoms with van der Waals surface area (Å²) in [6.07, 6.45) is 2.26. The number of hydrogen-bond acceptors (Lipinski definition) is 8. The minimum atomic E-state index is 0.248. The molecule has 0 saturated carbocycles. The fourth-order valence-electron chi connectivity index (χ4n) is 3.99. The Morgan fingerprint density at radius 3 is 2.93 bits per heavy atom. The third kappa shape index (κ3) is 3.21. The first-order chi connectivity index (χ1) is 13.7. The van der Waals surface area contributed by atoms with Gasteiger partial charge in [-0.15, -0.1) is 21.5 Å². The average molecular weight is 398 g/mol. The van der Waals surface area contributed by atoms with Gasteiger partial charge in [-0.1, -0.05) is 6.07 Å². The number of ether oxygens (including phenoxy) is 1. The van der Waals surface area contributed by atoms with Crippen LogP contribution in [0.3, 0.4) is 0 Å². The molecule has 0 bridgehead atoms. The van der Waals surface area contributed by atoms with Gasteiger partial charge in [0, 0.05) is 18.2 Å². The van der Waals surface area contributed by atoms with Crippen LogP contribution in [0.15, 0.2) is 23.6 Å². The molecule has 0 aliphatic carbocycles. The Morgan fingerprint density at radius 1 is 1.25 bits per heavy atom. The maximum absolute atomic E-state index is 10.6. The summed E-state index contributed by atoms with van der Waals surface area (Å²) in [5, 5.41) is 25.8. The molecule has 1 aromatic carbocycles. The van der Waals surface area contributed by atoms with E-state index >= 15 is 0 Å². The number of aromatic hydroxyl groups is 1. The van der Waals surface area contributed by atoms with Gasteiger partial charge in [-0.05, 0) is 49.2 Å². The van der Waals surface area contributed by atoms with Crippen LogP contribution in [0.5, 0.6) is 5.75 Å². The Hall–Kier alpha value is -2.29. The van der Waals surface area contributed by atoms with Gasteiger partial charge >= 0.3 is 0 Å². The molecule has 3 aromatic rings. The van der Waals surface area contributed by atoms with Gasteiger partial charge in [-0.3, -0.25) is 4.90 Å². The van der Waals surface area contributed by atoms with Crippen molar-refractivity contribution in [3.63, 3.8) is 0 Å². The Bertz CT molecular complexity index is 1000. The van der Waals surface area contributed by atoms with Crippen molar-refractivity contribution in [1.82, 2.24) is 20.1 Å². The maximum atomic E-state index is 10.6. The number of phenols is 1. The summed E-state index contributed by atoms with van der Waals surface area (Å²) in [5.41, 5.74) is 2.05. The molecule has 0 spiro atoms. The summed E-state index contributed by atoms with van der Waals surface area (Å²) in [5.74, 6) is 0.799. The number of thiophene rings is 1. The molecule has 0 unspecified atom stereocenters. The lowest BCUT2D eigenvalue weighted by molar-refractivity contribution is -0.0710. The zero-order valence-electron chi connectivity index (χ0n) is 15.8. The van der Waals surface area contributed by atoms with Crippen LogP contribution < -0.4 is 5.32 Å². The highest BCUT2D eigenvalue weighted by Gasteiger charge is 2.30. The molecule has 2 saturated heterocycles. The van der Waals surface area contributed by atoms with Crippen molar-refractivity contribution in [2.75, 3.05) is 31.6 Å². The van der Waals surface area contributed by atoms with Crippen molar-refractivity contribution < 1.29 is 9.84 Å². The lowest BCUT2D eigenvalue weighted by Gasteiger charge is -2.42. The number of rotatable bonds is 4. The number of nitrogens with one attached hydrogen (secondary N) is 1. The van der Waals surface area contributed by atoms with Crippen LogP contribution >= 0.6 is 11.3 Å². The Labute approximate surface area is 167 Å². The van der Waals surface area contributed by atoms with Crippen LogP contribution in [0, 0.1) is 6.92 Å². The minimum Gasteiger partial charge on any atom is -0.506 e. The van der Waals surface area contributed by atoms with Gasteiger partial charge in [-0.2, -0.15) is 0 Å². The number of hydrogen-bond donors (Lipinski definition) is 2. The summed E-state index contributed by atoms with van der Waals surface area (Å²) in [6.45, 7) is 5.71. The van der Waals surface area contributed by atoms with Crippen LogP contribution in [0.4, 0.5) is 5.95 Å². The standard InChI is InChI=1S/C20H23N5O2S/c1-12-17(16-5-4-13-6-8-28-19(13)18(16)26)23-24-20(21-12)22-14-3-2-7-25(9-14)15-10-27-11-15/h4-6,8,14-15,26H,2-3,7,9-11H2,1H3,(H,21,22,24)/t14-/m1/s1. The highest BCUT2D eigenvalue weighted by Crippen LogP contribution is 2.38. The molecule has 2 N–H and O–H groups in total. The fourth-order valence-corrected chi connectivity index (χ4v) is 4.84. The van der Waals surface area contributed by atoms with E-state index in [2.05, 4.69) is 25.4 Å². The first-order valence-electron chi connectivity index (χ1n) is 9.68. The SMILES string of the molecule is Cc1nc(N[C@@H]2CCCN(C3COC3)C2)nnc1-c1ccc2ccsc2c1O. The van der Waals surface area contributed by atoms with Gasteiger partial charge < -0.3 is 15.2 Å². The summed E-state index contributed by atoms with van der Waals surface area (Å²) in [4.78, 5) is 7.11. The molecule has 2 fully saturated rings. The van der Waals surface area contributed by atoms with Crippen LogP contribution in [0.1, 0.15) is 18.5 Å². The molecule has 7 nitrogen and oxygen atoms in total. The minimum absolute atomic E-state index is 0.248. The lowest BCUT2D eigenvalue weighted by Crippen LogP contribution is -2.54. The molecule has 5 rings (SSSR count). The van der Waals surface area contributed by atoms with E-state index in [1.54, 1.807) is 0 Å².